The molecular formula is AlSrTiYZr. The molecule has 0 amide bonds. The molecule has 0 nitrogen and oxygen atoms in total. The molecular weight excluding hydrogens is 343 g/mol. The molecule has 6 radical (unpaired) electrons. The van der Waals surface area contributed by atoms with Crippen LogP contribution in [0.15, 0.2) is 0 Å². The Labute approximate surface area is 139 Å². The minimum Gasteiger partial charge on any atom is 0 e. The fraction of sp³-hybridized carbons (Fsp3) is 0. The monoisotopic (exact) mass is 342 g/mol. The fourth-order valence-corrected chi connectivity index (χ4v) is 0. The van der Waals surface area contributed by atoms with Crippen molar-refractivity contribution in [2.45, 2.75) is 0 Å². The van der Waals surface area contributed by atoms with Crippen LogP contribution in [0.3, 0.4) is 0 Å². The molecule has 0 atom stereocenters. The molecule has 5 heteroatoms. The van der Waals surface area contributed by atoms with E-state index in [-0.39, 0.29) is 143 Å². The molecule has 0 spiro atoms. The molecule has 5 heavy (non-hydrogen) atoms. The van der Waals surface area contributed by atoms with Crippen molar-refractivity contribution in [3.63, 3.8) is 0 Å². The van der Waals surface area contributed by atoms with Crippen LogP contribution in [0.5, 0.6) is 0 Å². The smallest absolute Gasteiger partial charge is 0 e. The molecule has 0 N–H and O–H groups in total. The van der Waals surface area contributed by atoms with Crippen LogP contribution in [0.1, 0.15) is 0 Å². The average Bonchev–Trinajstić information content (AvgIpc) is 0. The Morgan fingerprint density at radius 1 is 1.00 bits per heavy atom. The Morgan fingerprint density at radius 3 is 1.00 bits per heavy atom. The summed E-state index contributed by atoms with van der Waals surface area (Å²) < 4.78 is 0. The average molecular weight is 343 g/mol. The normalized spacial score (nSPS) is 0. The van der Waals surface area contributed by atoms with Gasteiger partial charge in [-0.15, -0.1) is 0 Å². The van der Waals surface area contributed by atoms with E-state index in [4.69, 9.17) is 0 Å². The van der Waals surface area contributed by atoms with Gasteiger partial charge in [0.1, 0.15) is 0 Å². The van der Waals surface area contributed by atoms with Gasteiger partial charge in [-0.1, -0.05) is 0 Å². The zero-order chi connectivity index (χ0) is 0. The second-order valence-electron chi connectivity index (χ2n) is 0. The maximum absolute atomic E-state index is 0. The summed E-state index contributed by atoms with van der Waals surface area (Å²) in [5, 5.41) is 0. The van der Waals surface area contributed by atoms with E-state index in [1.54, 1.807) is 0 Å². The van der Waals surface area contributed by atoms with Crippen molar-refractivity contribution in [2.75, 3.05) is 0 Å². The third kappa shape index (κ3) is 17.7. The van der Waals surface area contributed by atoms with Crippen molar-refractivity contribution in [3.8, 4) is 0 Å². The number of hydrogen-bond donors (Lipinski definition) is 0. The van der Waals surface area contributed by atoms with Gasteiger partial charge in [0.25, 0.3) is 0 Å². The molecule has 0 rings (SSSR count). The third-order valence-electron chi connectivity index (χ3n) is 0. The predicted octanol–water partition coefficient (Wildman–Crippen LogP) is -0.769. The number of hydrogen-bond acceptors (Lipinski definition) is 0. The van der Waals surface area contributed by atoms with Crippen LogP contribution < -0.4 is 0 Å². The van der Waals surface area contributed by atoms with E-state index >= 15 is 0 Å². The summed E-state index contributed by atoms with van der Waals surface area (Å²) >= 11 is 0. The quantitative estimate of drug-likeness (QED) is 0.507. The maximum atomic E-state index is 0. The van der Waals surface area contributed by atoms with Gasteiger partial charge < -0.3 is 0 Å². The fourth-order valence-electron chi connectivity index (χ4n) is 0. The molecule has 0 aliphatic carbocycles. The summed E-state index contributed by atoms with van der Waals surface area (Å²) in [6, 6.07) is 0. The Kier molecular flexibility index (Phi) is 155. The Balaban J connectivity index is 0. The van der Waals surface area contributed by atoms with Gasteiger partial charge in [-0.3, -0.25) is 0 Å². The van der Waals surface area contributed by atoms with Crippen molar-refractivity contribution in [3.05, 3.63) is 0 Å². The first-order chi connectivity index (χ1) is 0. The van der Waals surface area contributed by atoms with Gasteiger partial charge in [-0.05, 0) is 0 Å². The summed E-state index contributed by atoms with van der Waals surface area (Å²) in [5.41, 5.74) is 0. The van der Waals surface area contributed by atoms with Gasteiger partial charge in [0.2, 0.25) is 0 Å². The van der Waals surface area contributed by atoms with Crippen molar-refractivity contribution in [2.24, 2.45) is 0 Å². The zero-order valence-electron chi connectivity index (χ0n) is 2.86. The molecule has 0 heterocycles. The van der Waals surface area contributed by atoms with E-state index in [1.165, 1.54) is 0 Å². The van der Waals surface area contributed by atoms with Crippen LogP contribution in [0.25, 0.3) is 0 Å². The first-order valence-electron chi connectivity index (χ1n) is 0. The van der Waals surface area contributed by atoms with E-state index in [1.807, 2.05) is 0 Å². The van der Waals surface area contributed by atoms with Crippen LogP contribution in [0.2, 0.25) is 0 Å². The minimum atomic E-state index is 0. The molecule has 0 aliphatic rings. The van der Waals surface area contributed by atoms with Crippen LogP contribution in [-0.4, -0.2) is 62.8 Å². The maximum Gasteiger partial charge on any atom is 0 e. The van der Waals surface area contributed by atoms with Crippen molar-refractivity contribution in [1.29, 1.82) is 0 Å². The predicted molar refractivity (Wildman–Crippen MR) is 11.5 cm³/mol. The topological polar surface area (TPSA) is 0 Å². The van der Waals surface area contributed by atoms with Crippen molar-refractivity contribution >= 4 is 62.8 Å². The van der Waals surface area contributed by atoms with Gasteiger partial charge in [0.15, 0.2) is 0 Å². The summed E-state index contributed by atoms with van der Waals surface area (Å²) in [4.78, 5) is 0. The van der Waals surface area contributed by atoms with E-state index in [0.29, 0.717) is 0 Å². The van der Waals surface area contributed by atoms with Gasteiger partial charge in [0, 0.05) is 143 Å². The van der Waals surface area contributed by atoms with Crippen LogP contribution in [0, 0.1) is 0 Å². The molecule has 0 saturated carbocycles. The van der Waals surface area contributed by atoms with Crippen LogP contribution in [-0.2, 0) is 80.6 Å². The van der Waals surface area contributed by atoms with E-state index in [9.17, 15) is 0 Å². The first-order valence-corrected chi connectivity index (χ1v) is 0. The van der Waals surface area contributed by atoms with Crippen molar-refractivity contribution in [1.82, 2.24) is 0 Å². The largest absolute Gasteiger partial charge is 0 e. The molecule has 0 aromatic carbocycles. The van der Waals surface area contributed by atoms with E-state index in [2.05, 4.69) is 0 Å². The third-order valence-corrected chi connectivity index (χ3v) is 0. The van der Waals surface area contributed by atoms with E-state index < -0.39 is 0 Å². The summed E-state index contributed by atoms with van der Waals surface area (Å²) in [6.45, 7) is 0. The Bertz CT molecular complexity index is 11.6. The molecule has 0 aromatic heterocycles. The van der Waals surface area contributed by atoms with Crippen molar-refractivity contribution < 1.29 is 80.6 Å². The second kappa shape index (κ2) is 23.3. The molecule has 0 fully saturated rings. The SMILES string of the molecule is [Al].[Sr].[Ti].[Y].[Zr]. The Hall–Kier alpha value is 4.71. The standard InChI is InChI=1S/Al.Sr.Ti.Y.Zr. The Morgan fingerprint density at radius 2 is 1.00 bits per heavy atom. The molecule has 0 aromatic rings. The molecule has 0 aliphatic heterocycles. The van der Waals surface area contributed by atoms with Gasteiger partial charge in [-0.2, -0.15) is 0 Å². The molecule has 0 saturated heterocycles. The molecule has 0 unspecified atom stereocenters. The first kappa shape index (κ1) is 33.2. The minimum absolute atomic E-state index is 0. The summed E-state index contributed by atoms with van der Waals surface area (Å²) in [7, 11) is 0. The van der Waals surface area contributed by atoms with Crippen LogP contribution >= 0.6 is 0 Å². The van der Waals surface area contributed by atoms with Gasteiger partial charge >= 0.3 is 0 Å². The number of rotatable bonds is 0. The van der Waals surface area contributed by atoms with E-state index in [0.717, 1.165) is 0 Å². The summed E-state index contributed by atoms with van der Waals surface area (Å²) in [6.07, 6.45) is 0. The zero-order valence-corrected chi connectivity index (χ0v) is 14.4. The van der Waals surface area contributed by atoms with Gasteiger partial charge in [-0.25, -0.2) is 0 Å². The van der Waals surface area contributed by atoms with Gasteiger partial charge in [0.05, 0.1) is 0 Å². The summed E-state index contributed by atoms with van der Waals surface area (Å²) in [5.74, 6) is 0. The molecule has 16 valence electrons. The molecule has 0 bridgehead atoms. The van der Waals surface area contributed by atoms with Crippen LogP contribution in [0.4, 0.5) is 0 Å². The second-order valence-corrected chi connectivity index (χ2v) is 0.